The van der Waals surface area contributed by atoms with Crippen LogP contribution in [0.25, 0.3) is 0 Å². The molecule has 0 spiro atoms. The summed E-state index contributed by atoms with van der Waals surface area (Å²) in [5, 5.41) is 3.20. The summed E-state index contributed by atoms with van der Waals surface area (Å²) in [5.74, 6) is -0.0130. The molecule has 8 heteroatoms. The van der Waals surface area contributed by atoms with Crippen molar-refractivity contribution in [3.8, 4) is 5.75 Å². The van der Waals surface area contributed by atoms with E-state index in [1.807, 2.05) is 44.2 Å². The Hall–Kier alpha value is -3.03. The Kier molecular flexibility index (Phi) is 8.00. The Labute approximate surface area is 200 Å². The molecule has 0 fully saturated rings. The molecule has 3 rings (SSSR count). The van der Waals surface area contributed by atoms with Gasteiger partial charge in [-0.1, -0.05) is 66.6 Å². The number of benzene rings is 3. The highest BCUT2D eigenvalue weighted by atomic mass is 35.5. The third-order valence-corrected chi connectivity index (χ3v) is 7.35. The van der Waals surface area contributed by atoms with Gasteiger partial charge in [0.1, 0.15) is 12.3 Å². The Morgan fingerprint density at radius 2 is 1.73 bits per heavy atom. The fraction of sp³-hybridized carbons (Fsp3) is 0.240. The summed E-state index contributed by atoms with van der Waals surface area (Å²) < 4.78 is 33.3. The first kappa shape index (κ1) is 24.6. The molecule has 1 amide bonds. The molecule has 6 nitrogen and oxygen atoms in total. The Morgan fingerprint density at radius 3 is 2.30 bits per heavy atom. The molecule has 1 N–H and O–H groups in total. The number of amides is 1. The third kappa shape index (κ3) is 5.86. The van der Waals surface area contributed by atoms with E-state index >= 15 is 0 Å². The molecule has 174 valence electrons. The SMILES string of the molecule is CC[C@H](NC(=O)CN(c1ccc(OC)c(Cl)c1)S(=O)(=O)c1ccc(C)cc1)c1ccccc1. The van der Waals surface area contributed by atoms with Gasteiger partial charge in [0.2, 0.25) is 5.91 Å². The molecule has 0 radical (unpaired) electrons. The van der Waals surface area contributed by atoms with Crippen LogP contribution in [-0.4, -0.2) is 28.0 Å². The lowest BCUT2D eigenvalue weighted by molar-refractivity contribution is -0.120. The second-order valence-corrected chi connectivity index (χ2v) is 9.85. The number of carbonyl (C=O) groups is 1. The first-order chi connectivity index (χ1) is 15.8. The zero-order valence-corrected chi connectivity index (χ0v) is 20.4. The predicted octanol–water partition coefficient (Wildman–Crippen LogP) is 5.12. The lowest BCUT2D eigenvalue weighted by Crippen LogP contribution is -2.42. The van der Waals surface area contributed by atoms with Crippen molar-refractivity contribution in [2.75, 3.05) is 18.0 Å². The van der Waals surface area contributed by atoms with E-state index in [1.165, 1.54) is 25.3 Å². The maximum absolute atomic E-state index is 13.5. The first-order valence-corrected chi connectivity index (χ1v) is 12.3. The van der Waals surface area contributed by atoms with E-state index in [4.69, 9.17) is 16.3 Å². The molecule has 0 aliphatic heterocycles. The summed E-state index contributed by atoms with van der Waals surface area (Å²) in [6, 6.07) is 20.4. The van der Waals surface area contributed by atoms with Crippen LogP contribution >= 0.6 is 11.6 Å². The molecule has 33 heavy (non-hydrogen) atoms. The van der Waals surface area contributed by atoms with E-state index in [0.29, 0.717) is 12.2 Å². The zero-order chi connectivity index (χ0) is 24.0. The molecule has 3 aromatic rings. The van der Waals surface area contributed by atoms with Crippen LogP contribution in [0, 0.1) is 6.92 Å². The van der Waals surface area contributed by atoms with Crippen molar-refractivity contribution in [2.45, 2.75) is 31.2 Å². The fourth-order valence-electron chi connectivity index (χ4n) is 3.44. The smallest absolute Gasteiger partial charge is 0.264 e. The van der Waals surface area contributed by atoms with Gasteiger partial charge in [0.15, 0.2) is 0 Å². The van der Waals surface area contributed by atoms with Gasteiger partial charge in [0.25, 0.3) is 10.0 Å². The van der Waals surface area contributed by atoms with E-state index in [2.05, 4.69) is 5.32 Å². The van der Waals surface area contributed by atoms with Gasteiger partial charge >= 0.3 is 0 Å². The normalized spacial score (nSPS) is 12.1. The number of nitrogens with zero attached hydrogens (tertiary/aromatic N) is 1. The van der Waals surface area contributed by atoms with Crippen molar-refractivity contribution < 1.29 is 17.9 Å². The van der Waals surface area contributed by atoms with Gasteiger partial charge < -0.3 is 10.1 Å². The first-order valence-electron chi connectivity index (χ1n) is 10.5. The maximum atomic E-state index is 13.5. The van der Waals surface area contributed by atoms with Crippen LogP contribution in [0.1, 0.15) is 30.5 Å². The van der Waals surface area contributed by atoms with Gasteiger partial charge in [-0.15, -0.1) is 0 Å². The van der Waals surface area contributed by atoms with Gasteiger partial charge in [-0.2, -0.15) is 0 Å². The number of aryl methyl sites for hydroxylation is 1. The number of methoxy groups -OCH3 is 1. The Bertz CT molecular complexity index is 1200. The summed E-state index contributed by atoms with van der Waals surface area (Å²) in [7, 11) is -2.56. The summed E-state index contributed by atoms with van der Waals surface area (Å²) in [5.41, 5.74) is 2.15. The Balaban J connectivity index is 1.95. The average molecular weight is 487 g/mol. The highest BCUT2D eigenvalue weighted by Crippen LogP contribution is 2.32. The molecule has 0 bridgehead atoms. The maximum Gasteiger partial charge on any atom is 0.264 e. The van der Waals surface area contributed by atoms with Gasteiger partial charge in [0, 0.05) is 0 Å². The number of anilines is 1. The molecule has 0 aliphatic rings. The molecule has 3 aromatic carbocycles. The van der Waals surface area contributed by atoms with E-state index in [1.54, 1.807) is 24.3 Å². The summed E-state index contributed by atoms with van der Waals surface area (Å²) in [6.07, 6.45) is 0.662. The number of nitrogens with one attached hydrogen (secondary N) is 1. The minimum Gasteiger partial charge on any atom is -0.495 e. The molecule has 0 saturated heterocycles. The number of sulfonamides is 1. The van der Waals surface area contributed by atoms with Gasteiger partial charge in [-0.05, 0) is 49.2 Å². The monoisotopic (exact) mass is 486 g/mol. The number of carbonyl (C=O) groups excluding carboxylic acids is 1. The highest BCUT2D eigenvalue weighted by Gasteiger charge is 2.28. The summed E-state index contributed by atoms with van der Waals surface area (Å²) in [6.45, 7) is 3.43. The molecular weight excluding hydrogens is 460 g/mol. The van der Waals surface area contributed by atoms with Crippen LogP contribution in [0.2, 0.25) is 5.02 Å². The molecule has 0 aromatic heterocycles. The van der Waals surface area contributed by atoms with Crippen molar-refractivity contribution in [3.05, 3.63) is 88.9 Å². The summed E-state index contributed by atoms with van der Waals surface area (Å²) in [4.78, 5) is 13.1. The van der Waals surface area contributed by atoms with Crippen LogP contribution in [-0.2, 0) is 14.8 Å². The van der Waals surface area contributed by atoms with Crippen LogP contribution in [0.3, 0.4) is 0 Å². The van der Waals surface area contributed by atoms with Crippen molar-refractivity contribution in [2.24, 2.45) is 0 Å². The third-order valence-electron chi connectivity index (χ3n) is 5.26. The minimum atomic E-state index is -4.04. The van der Waals surface area contributed by atoms with Crippen LogP contribution in [0.5, 0.6) is 5.75 Å². The minimum absolute atomic E-state index is 0.0861. The van der Waals surface area contributed by atoms with Crippen LogP contribution < -0.4 is 14.4 Å². The van der Waals surface area contributed by atoms with Crippen molar-refractivity contribution in [1.29, 1.82) is 0 Å². The van der Waals surface area contributed by atoms with Crippen molar-refractivity contribution >= 4 is 33.2 Å². The zero-order valence-electron chi connectivity index (χ0n) is 18.8. The quantitative estimate of drug-likeness (QED) is 0.455. The van der Waals surface area contributed by atoms with Gasteiger partial charge in [0.05, 0.1) is 28.8 Å². The number of halogens is 1. The van der Waals surface area contributed by atoms with Gasteiger partial charge in [-0.3, -0.25) is 9.10 Å². The predicted molar refractivity (Wildman–Crippen MR) is 131 cm³/mol. The molecule has 0 unspecified atom stereocenters. The standard InChI is InChI=1S/C25H27ClN2O4S/c1-4-23(19-8-6-5-7-9-19)27-25(29)17-28(20-12-15-24(32-3)22(26)16-20)33(30,31)21-13-10-18(2)11-14-21/h5-16,23H,4,17H2,1-3H3,(H,27,29)/t23-/m0/s1. The number of hydrogen-bond acceptors (Lipinski definition) is 4. The molecule has 0 aliphatic carbocycles. The lowest BCUT2D eigenvalue weighted by Gasteiger charge is -2.26. The van der Waals surface area contributed by atoms with Crippen LogP contribution in [0.15, 0.2) is 77.7 Å². The largest absolute Gasteiger partial charge is 0.495 e. The van der Waals surface area contributed by atoms with E-state index in [-0.39, 0.29) is 21.6 Å². The highest BCUT2D eigenvalue weighted by molar-refractivity contribution is 7.92. The fourth-order valence-corrected chi connectivity index (χ4v) is 5.10. The second kappa shape index (κ2) is 10.7. The molecule has 1 atom stereocenters. The van der Waals surface area contributed by atoms with E-state index < -0.39 is 22.5 Å². The second-order valence-electron chi connectivity index (χ2n) is 7.58. The van der Waals surface area contributed by atoms with Crippen molar-refractivity contribution in [1.82, 2.24) is 5.32 Å². The number of rotatable bonds is 9. The Morgan fingerprint density at radius 1 is 1.06 bits per heavy atom. The topological polar surface area (TPSA) is 75.7 Å². The molecule has 0 saturated carbocycles. The van der Waals surface area contributed by atoms with E-state index in [0.717, 1.165) is 15.4 Å². The van der Waals surface area contributed by atoms with E-state index in [9.17, 15) is 13.2 Å². The van der Waals surface area contributed by atoms with Crippen LogP contribution in [0.4, 0.5) is 5.69 Å². The van der Waals surface area contributed by atoms with Gasteiger partial charge in [-0.25, -0.2) is 8.42 Å². The van der Waals surface area contributed by atoms with Crippen molar-refractivity contribution in [3.63, 3.8) is 0 Å². The molecular formula is C25H27ClN2O4S. The summed E-state index contributed by atoms with van der Waals surface area (Å²) >= 11 is 6.27. The lowest BCUT2D eigenvalue weighted by atomic mass is 10.0. The average Bonchev–Trinajstić information content (AvgIpc) is 2.81. The number of ether oxygens (including phenoxy) is 1. The molecule has 0 heterocycles. The number of hydrogen-bond donors (Lipinski definition) is 1.